The molecule has 5 nitrogen and oxygen atoms in total. The van der Waals surface area contributed by atoms with Crippen molar-refractivity contribution in [1.82, 2.24) is 5.32 Å². The topological polar surface area (TPSA) is 66.5 Å². The average Bonchev–Trinajstić information content (AvgIpc) is 2.75. The highest BCUT2D eigenvalue weighted by atomic mass is 79.9. The molecule has 1 N–H and O–H groups in total. The zero-order valence-corrected chi connectivity index (χ0v) is 21.0. The minimum absolute atomic E-state index is 0.140. The third-order valence-electron chi connectivity index (χ3n) is 5.42. The van der Waals surface area contributed by atoms with Crippen molar-refractivity contribution in [3.05, 3.63) is 93.5 Å². The molecule has 3 aromatic rings. The number of halogens is 1. The van der Waals surface area contributed by atoms with Crippen LogP contribution in [-0.2, 0) is 14.8 Å². The molecule has 0 saturated heterocycles. The molecule has 0 heterocycles. The molecular formula is C25H27BrN2O3S. The number of carbonyl (C=O) groups excluding carboxylic acids is 1. The van der Waals surface area contributed by atoms with Gasteiger partial charge < -0.3 is 5.32 Å². The molecule has 3 rings (SSSR count). The standard InChI is InChI=1S/C25H27BrN2O3S/c1-17-5-13-24(14-6-17)32(30,31)28(23-11-9-22(26)10-12-23)16-25(29)27-20(4)21-8-7-18(2)19(3)15-21/h5-15,20H,16H2,1-4H3,(H,27,29). The van der Waals surface area contributed by atoms with Gasteiger partial charge in [-0.2, -0.15) is 0 Å². The average molecular weight is 515 g/mol. The maximum Gasteiger partial charge on any atom is 0.264 e. The normalized spacial score (nSPS) is 12.3. The minimum Gasteiger partial charge on any atom is -0.348 e. The van der Waals surface area contributed by atoms with E-state index in [2.05, 4.69) is 21.2 Å². The minimum atomic E-state index is -3.93. The van der Waals surface area contributed by atoms with Crippen LogP contribution in [-0.4, -0.2) is 20.9 Å². The van der Waals surface area contributed by atoms with Crippen LogP contribution in [0.5, 0.6) is 0 Å². The van der Waals surface area contributed by atoms with Gasteiger partial charge in [0, 0.05) is 4.47 Å². The summed E-state index contributed by atoms with van der Waals surface area (Å²) in [6.45, 7) is 7.52. The number of benzene rings is 3. The predicted molar refractivity (Wildman–Crippen MR) is 132 cm³/mol. The molecule has 1 atom stereocenters. The van der Waals surface area contributed by atoms with Crippen molar-refractivity contribution in [3.63, 3.8) is 0 Å². The molecule has 0 aliphatic heterocycles. The summed E-state index contributed by atoms with van der Waals surface area (Å²) in [4.78, 5) is 13.1. The molecule has 0 aliphatic rings. The summed E-state index contributed by atoms with van der Waals surface area (Å²) >= 11 is 3.37. The molecule has 168 valence electrons. The Kier molecular flexibility index (Phi) is 7.41. The van der Waals surface area contributed by atoms with E-state index in [0.29, 0.717) is 5.69 Å². The van der Waals surface area contributed by atoms with Gasteiger partial charge in [0.2, 0.25) is 5.91 Å². The maximum atomic E-state index is 13.4. The first-order valence-electron chi connectivity index (χ1n) is 10.3. The van der Waals surface area contributed by atoms with Crippen LogP contribution in [0, 0.1) is 20.8 Å². The van der Waals surface area contributed by atoms with E-state index in [-0.39, 0.29) is 23.4 Å². The number of amides is 1. The molecule has 7 heteroatoms. The molecule has 32 heavy (non-hydrogen) atoms. The summed E-state index contributed by atoms with van der Waals surface area (Å²) in [6.07, 6.45) is 0. The summed E-state index contributed by atoms with van der Waals surface area (Å²) < 4.78 is 28.8. The fraction of sp³-hybridized carbons (Fsp3) is 0.240. The van der Waals surface area contributed by atoms with Gasteiger partial charge in [-0.25, -0.2) is 8.42 Å². The number of aryl methyl sites for hydroxylation is 3. The highest BCUT2D eigenvalue weighted by Crippen LogP contribution is 2.26. The van der Waals surface area contributed by atoms with Gasteiger partial charge in [-0.05, 0) is 80.8 Å². The Hall–Kier alpha value is -2.64. The second kappa shape index (κ2) is 9.88. The molecule has 1 unspecified atom stereocenters. The van der Waals surface area contributed by atoms with Crippen LogP contribution in [0.15, 0.2) is 76.1 Å². The Morgan fingerprint density at radius 1 is 0.938 bits per heavy atom. The Bertz CT molecular complexity index is 1210. The summed E-state index contributed by atoms with van der Waals surface area (Å²) in [6, 6.07) is 19.2. The zero-order chi connectivity index (χ0) is 23.5. The highest BCUT2D eigenvalue weighted by Gasteiger charge is 2.27. The number of hydrogen-bond donors (Lipinski definition) is 1. The van der Waals surface area contributed by atoms with Crippen LogP contribution in [0.3, 0.4) is 0 Å². The van der Waals surface area contributed by atoms with Crippen LogP contribution in [0.2, 0.25) is 0 Å². The smallest absolute Gasteiger partial charge is 0.264 e. The molecule has 0 bridgehead atoms. The van der Waals surface area contributed by atoms with Gasteiger partial charge in [0.25, 0.3) is 10.0 Å². The fourth-order valence-corrected chi connectivity index (χ4v) is 4.98. The van der Waals surface area contributed by atoms with Crippen LogP contribution < -0.4 is 9.62 Å². The molecule has 0 saturated carbocycles. The van der Waals surface area contributed by atoms with Gasteiger partial charge in [-0.3, -0.25) is 9.10 Å². The first-order chi connectivity index (χ1) is 15.1. The van der Waals surface area contributed by atoms with E-state index in [9.17, 15) is 13.2 Å². The van der Waals surface area contributed by atoms with E-state index in [1.807, 2.05) is 45.9 Å². The number of carbonyl (C=O) groups is 1. The number of rotatable bonds is 7. The van der Waals surface area contributed by atoms with Gasteiger partial charge in [0.15, 0.2) is 0 Å². The molecule has 0 aliphatic carbocycles. The third kappa shape index (κ3) is 5.58. The molecule has 3 aromatic carbocycles. The van der Waals surface area contributed by atoms with E-state index >= 15 is 0 Å². The molecule has 0 aromatic heterocycles. The Labute approximate surface area is 198 Å². The lowest BCUT2D eigenvalue weighted by atomic mass is 10.0. The second-order valence-electron chi connectivity index (χ2n) is 7.93. The number of nitrogens with zero attached hydrogens (tertiary/aromatic N) is 1. The molecular weight excluding hydrogens is 488 g/mol. The SMILES string of the molecule is Cc1ccc(S(=O)(=O)N(CC(=O)NC(C)c2ccc(C)c(C)c2)c2ccc(Br)cc2)cc1. The van der Waals surface area contributed by atoms with Crippen molar-refractivity contribution >= 4 is 37.5 Å². The molecule has 0 fully saturated rings. The van der Waals surface area contributed by atoms with E-state index in [4.69, 9.17) is 0 Å². The van der Waals surface area contributed by atoms with Gasteiger partial charge in [-0.1, -0.05) is 51.8 Å². The van der Waals surface area contributed by atoms with E-state index in [1.54, 1.807) is 48.5 Å². The van der Waals surface area contributed by atoms with E-state index in [1.165, 1.54) is 5.56 Å². The predicted octanol–water partition coefficient (Wildman–Crippen LogP) is 5.45. The highest BCUT2D eigenvalue weighted by molar-refractivity contribution is 9.10. The summed E-state index contributed by atoms with van der Waals surface area (Å²) in [7, 11) is -3.93. The Morgan fingerprint density at radius 2 is 1.56 bits per heavy atom. The van der Waals surface area contributed by atoms with Crippen molar-refractivity contribution in [1.29, 1.82) is 0 Å². The Morgan fingerprint density at radius 3 is 2.16 bits per heavy atom. The van der Waals surface area contributed by atoms with Crippen molar-refractivity contribution in [2.45, 2.75) is 38.6 Å². The number of nitrogens with one attached hydrogen (secondary N) is 1. The number of anilines is 1. The monoisotopic (exact) mass is 514 g/mol. The van der Waals surface area contributed by atoms with Gasteiger partial charge in [0.05, 0.1) is 16.6 Å². The lowest BCUT2D eigenvalue weighted by molar-refractivity contribution is -0.120. The van der Waals surface area contributed by atoms with Gasteiger partial charge in [-0.15, -0.1) is 0 Å². The van der Waals surface area contributed by atoms with Crippen LogP contribution in [0.25, 0.3) is 0 Å². The van der Waals surface area contributed by atoms with Crippen molar-refractivity contribution in [2.24, 2.45) is 0 Å². The van der Waals surface area contributed by atoms with Crippen LogP contribution >= 0.6 is 15.9 Å². The first kappa shape index (κ1) is 24.0. The molecule has 0 radical (unpaired) electrons. The first-order valence-corrected chi connectivity index (χ1v) is 12.5. The van der Waals surface area contributed by atoms with Crippen molar-refractivity contribution < 1.29 is 13.2 Å². The van der Waals surface area contributed by atoms with Crippen LogP contribution in [0.1, 0.15) is 35.2 Å². The van der Waals surface area contributed by atoms with Crippen molar-refractivity contribution in [2.75, 3.05) is 10.8 Å². The summed E-state index contributed by atoms with van der Waals surface area (Å²) in [5, 5.41) is 2.93. The maximum absolute atomic E-state index is 13.4. The number of sulfonamides is 1. The summed E-state index contributed by atoms with van der Waals surface area (Å²) in [5.74, 6) is -0.380. The lowest BCUT2D eigenvalue weighted by Crippen LogP contribution is -2.41. The third-order valence-corrected chi connectivity index (χ3v) is 7.74. The molecule has 0 spiro atoms. The number of hydrogen-bond acceptors (Lipinski definition) is 3. The van der Waals surface area contributed by atoms with E-state index in [0.717, 1.165) is 25.5 Å². The van der Waals surface area contributed by atoms with Gasteiger partial charge >= 0.3 is 0 Å². The molecule has 1 amide bonds. The summed E-state index contributed by atoms with van der Waals surface area (Å²) in [5.41, 5.74) is 4.67. The quantitative estimate of drug-likeness (QED) is 0.455. The van der Waals surface area contributed by atoms with Crippen LogP contribution in [0.4, 0.5) is 5.69 Å². The zero-order valence-electron chi connectivity index (χ0n) is 18.6. The largest absolute Gasteiger partial charge is 0.348 e. The fourth-order valence-electron chi connectivity index (χ4n) is 3.29. The van der Waals surface area contributed by atoms with Gasteiger partial charge in [0.1, 0.15) is 6.54 Å². The van der Waals surface area contributed by atoms with E-state index < -0.39 is 10.0 Å². The lowest BCUT2D eigenvalue weighted by Gasteiger charge is -2.25. The van der Waals surface area contributed by atoms with Crippen molar-refractivity contribution in [3.8, 4) is 0 Å². The Balaban J connectivity index is 1.88. The second-order valence-corrected chi connectivity index (χ2v) is 10.7.